The van der Waals surface area contributed by atoms with Crippen LogP contribution in [-0.4, -0.2) is 27.0 Å². The minimum atomic E-state index is -0.746. The Balaban J connectivity index is 0.00000256. The zero-order valence-electron chi connectivity index (χ0n) is 16.2. The summed E-state index contributed by atoms with van der Waals surface area (Å²) >= 11 is 6.33. The Labute approximate surface area is 186 Å². The van der Waals surface area contributed by atoms with E-state index in [1.165, 1.54) is 0 Å². The molecule has 3 aromatic carbocycles. The molecule has 0 aliphatic rings. The van der Waals surface area contributed by atoms with Crippen LogP contribution in [0.2, 0.25) is 5.02 Å². The van der Waals surface area contributed by atoms with Crippen molar-refractivity contribution in [3.8, 4) is 5.75 Å². The minimum Gasteiger partial charge on any atom is -0.491 e. The second kappa shape index (κ2) is 9.85. The number of imidazole rings is 1. The van der Waals surface area contributed by atoms with Crippen molar-refractivity contribution in [3.05, 3.63) is 95.1 Å². The van der Waals surface area contributed by atoms with E-state index in [9.17, 15) is 5.11 Å². The van der Waals surface area contributed by atoms with Gasteiger partial charge in [-0.3, -0.25) is 5.41 Å². The van der Waals surface area contributed by atoms with E-state index in [-0.39, 0.29) is 25.6 Å². The average molecular weight is 444 g/mol. The molecule has 0 spiro atoms. The summed E-state index contributed by atoms with van der Waals surface area (Å²) in [5.41, 5.74) is 3.07. The van der Waals surface area contributed by atoms with E-state index in [1.807, 2.05) is 88.0 Å². The molecule has 0 amide bonds. The molecule has 0 bridgehead atoms. The predicted molar refractivity (Wildman–Crippen MR) is 122 cm³/mol. The molecule has 0 radical (unpaired) electrons. The number of ether oxygens (including phenoxy) is 1. The molecule has 2 N–H and O–H groups in total. The second-order valence-corrected chi connectivity index (χ2v) is 7.29. The van der Waals surface area contributed by atoms with Crippen LogP contribution in [0, 0.1) is 5.41 Å². The molecule has 156 valence electrons. The molecule has 0 aliphatic heterocycles. The van der Waals surface area contributed by atoms with Gasteiger partial charge < -0.3 is 19.0 Å². The highest BCUT2D eigenvalue weighted by Crippen LogP contribution is 2.19. The molecule has 1 heterocycles. The van der Waals surface area contributed by atoms with Gasteiger partial charge in [-0.2, -0.15) is 0 Å². The SMILES string of the molecule is Cl.N=c1n(Cc2ccccc2Cl)c2ccccc2n1CC(O)COc1ccccc1. The van der Waals surface area contributed by atoms with E-state index >= 15 is 0 Å². The van der Waals surface area contributed by atoms with Crippen molar-refractivity contribution in [3.63, 3.8) is 0 Å². The summed E-state index contributed by atoms with van der Waals surface area (Å²) in [7, 11) is 0. The highest BCUT2D eigenvalue weighted by molar-refractivity contribution is 6.31. The number of halogens is 2. The maximum absolute atomic E-state index is 10.5. The number of hydrogen-bond donors (Lipinski definition) is 2. The smallest absolute Gasteiger partial charge is 0.203 e. The lowest BCUT2D eigenvalue weighted by atomic mass is 10.2. The zero-order chi connectivity index (χ0) is 20.2. The largest absolute Gasteiger partial charge is 0.491 e. The highest BCUT2D eigenvalue weighted by Gasteiger charge is 2.15. The molecule has 1 atom stereocenters. The van der Waals surface area contributed by atoms with E-state index in [4.69, 9.17) is 21.7 Å². The average Bonchev–Trinajstić information content (AvgIpc) is 3.00. The van der Waals surface area contributed by atoms with Crippen molar-refractivity contribution < 1.29 is 9.84 Å². The van der Waals surface area contributed by atoms with Gasteiger partial charge in [0.2, 0.25) is 5.62 Å². The first kappa shape index (κ1) is 22.0. The molecule has 5 nitrogen and oxygen atoms in total. The molecular weight excluding hydrogens is 421 g/mol. The van der Waals surface area contributed by atoms with Gasteiger partial charge in [0.15, 0.2) is 0 Å². The lowest BCUT2D eigenvalue weighted by Gasteiger charge is -2.13. The van der Waals surface area contributed by atoms with Crippen LogP contribution in [-0.2, 0) is 13.1 Å². The second-order valence-electron chi connectivity index (χ2n) is 6.88. The van der Waals surface area contributed by atoms with Crippen LogP contribution in [0.25, 0.3) is 11.0 Å². The van der Waals surface area contributed by atoms with Crippen molar-refractivity contribution in [2.75, 3.05) is 6.61 Å². The Morgan fingerprint density at radius 1 is 0.867 bits per heavy atom. The van der Waals surface area contributed by atoms with Crippen LogP contribution in [0.4, 0.5) is 0 Å². The quantitative estimate of drug-likeness (QED) is 0.442. The summed E-state index contributed by atoms with van der Waals surface area (Å²) in [5, 5.41) is 19.9. The molecule has 0 saturated carbocycles. The third-order valence-corrected chi connectivity index (χ3v) is 5.21. The van der Waals surface area contributed by atoms with Gasteiger partial charge in [-0.15, -0.1) is 12.4 Å². The number of aliphatic hydroxyl groups excluding tert-OH is 1. The Morgan fingerprint density at radius 3 is 2.17 bits per heavy atom. The summed E-state index contributed by atoms with van der Waals surface area (Å²) in [5.74, 6) is 0.712. The normalized spacial score (nSPS) is 11.8. The fourth-order valence-electron chi connectivity index (χ4n) is 3.41. The van der Waals surface area contributed by atoms with Gasteiger partial charge in [-0.25, -0.2) is 0 Å². The minimum absolute atomic E-state index is 0. The van der Waals surface area contributed by atoms with Gasteiger partial charge in [0.1, 0.15) is 18.5 Å². The number of nitrogens with zero attached hydrogens (tertiary/aromatic N) is 2. The van der Waals surface area contributed by atoms with Crippen molar-refractivity contribution in [2.24, 2.45) is 0 Å². The molecule has 0 saturated heterocycles. The number of aromatic nitrogens is 2. The summed E-state index contributed by atoms with van der Waals surface area (Å²) < 4.78 is 9.38. The predicted octanol–water partition coefficient (Wildman–Crippen LogP) is 4.49. The maximum Gasteiger partial charge on any atom is 0.203 e. The first-order valence-corrected chi connectivity index (χ1v) is 9.83. The van der Waals surface area contributed by atoms with E-state index < -0.39 is 6.10 Å². The van der Waals surface area contributed by atoms with Gasteiger partial charge in [-0.05, 0) is 35.9 Å². The number of benzene rings is 3. The van der Waals surface area contributed by atoms with Gasteiger partial charge in [-0.1, -0.05) is 60.1 Å². The fraction of sp³-hybridized carbons (Fsp3) is 0.174. The van der Waals surface area contributed by atoms with Crippen LogP contribution >= 0.6 is 24.0 Å². The van der Waals surface area contributed by atoms with E-state index in [0.29, 0.717) is 22.9 Å². The van der Waals surface area contributed by atoms with Crippen molar-refractivity contribution in [2.45, 2.75) is 19.2 Å². The maximum atomic E-state index is 10.5. The van der Waals surface area contributed by atoms with Crippen LogP contribution in [0.1, 0.15) is 5.56 Å². The summed E-state index contributed by atoms with van der Waals surface area (Å²) in [6.07, 6.45) is -0.746. The monoisotopic (exact) mass is 443 g/mol. The summed E-state index contributed by atoms with van der Waals surface area (Å²) in [4.78, 5) is 0. The van der Waals surface area contributed by atoms with Gasteiger partial charge in [0.25, 0.3) is 0 Å². The van der Waals surface area contributed by atoms with Gasteiger partial charge >= 0.3 is 0 Å². The standard InChI is InChI=1S/C23H22ClN3O2.ClH/c24-20-11-5-4-8-17(20)14-26-21-12-6-7-13-22(21)27(23(26)25)15-18(28)16-29-19-9-2-1-3-10-19;/h1-13,18,25,28H,14-16H2;1H. The Bertz CT molecular complexity index is 1170. The van der Waals surface area contributed by atoms with Gasteiger partial charge in [0.05, 0.1) is 24.1 Å². The molecule has 0 aliphatic carbocycles. The zero-order valence-corrected chi connectivity index (χ0v) is 17.8. The summed E-state index contributed by atoms with van der Waals surface area (Å²) in [6, 6.07) is 24.9. The first-order chi connectivity index (χ1) is 14.1. The molecule has 1 aromatic heterocycles. The molecular formula is C23H23Cl2N3O2. The van der Waals surface area contributed by atoms with Crippen molar-refractivity contribution in [1.29, 1.82) is 5.41 Å². The molecule has 0 fully saturated rings. The molecule has 4 rings (SSSR count). The third kappa shape index (κ3) is 4.70. The molecule has 30 heavy (non-hydrogen) atoms. The fourth-order valence-corrected chi connectivity index (χ4v) is 3.60. The lowest BCUT2D eigenvalue weighted by Crippen LogP contribution is -2.31. The molecule has 4 aromatic rings. The number of nitrogens with one attached hydrogen (secondary N) is 1. The number of aliphatic hydroxyl groups is 1. The van der Waals surface area contributed by atoms with Crippen LogP contribution < -0.4 is 10.4 Å². The van der Waals surface area contributed by atoms with Crippen LogP contribution in [0.15, 0.2) is 78.9 Å². The Kier molecular flexibility index (Phi) is 7.21. The van der Waals surface area contributed by atoms with Crippen LogP contribution in [0.3, 0.4) is 0 Å². The lowest BCUT2D eigenvalue weighted by molar-refractivity contribution is 0.0921. The van der Waals surface area contributed by atoms with Gasteiger partial charge in [0, 0.05) is 5.02 Å². The van der Waals surface area contributed by atoms with Crippen LogP contribution in [0.5, 0.6) is 5.75 Å². The van der Waals surface area contributed by atoms with Crippen molar-refractivity contribution >= 4 is 35.0 Å². The van der Waals surface area contributed by atoms with Crippen molar-refractivity contribution in [1.82, 2.24) is 9.13 Å². The molecule has 7 heteroatoms. The Hall–Kier alpha value is -2.73. The van der Waals surface area contributed by atoms with E-state index in [0.717, 1.165) is 16.6 Å². The number of para-hydroxylation sites is 3. The summed E-state index contributed by atoms with van der Waals surface area (Å²) in [6.45, 7) is 0.908. The van der Waals surface area contributed by atoms with E-state index in [2.05, 4.69) is 0 Å². The highest BCUT2D eigenvalue weighted by atomic mass is 35.5. The Morgan fingerprint density at radius 2 is 1.47 bits per heavy atom. The topological polar surface area (TPSA) is 63.2 Å². The number of rotatable bonds is 7. The number of fused-ring (bicyclic) bond motifs is 1. The number of hydrogen-bond acceptors (Lipinski definition) is 3. The van der Waals surface area contributed by atoms with E-state index in [1.54, 1.807) is 0 Å². The molecule has 1 unspecified atom stereocenters. The first-order valence-electron chi connectivity index (χ1n) is 9.45. The third-order valence-electron chi connectivity index (χ3n) is 4.84.